The third-order valence-electron chi connectivity index (χ3n) is 3.99. The Morgan fingerprint density at radius 1 is 1.04 bits per heavy atom. The lowest BCUT2D eigenvalue weighted by atomic mass is 10.1. The predicted octanol–water partition coefficient (Wildman–Crippen LogP) is 2.75. The van der Waals surface area contributed by atoms with Crippen molar-refractivity contribution < 1.29 is 24.2 Å². The Morgan fingerprint density at radius 2 is 1.77 bits per heavy atom. The molecule has 0 aliphatic heterocycles. The average Bonchev–Trinajstić information content (AvgIpc) is 2.65. The fraction of sp³-hybridized carbons (Fsp3) is 0.300. The molecule has 2 rings (SSSR count). The van der Waals surface area contributed by atoms with Crippen molar-refractivity contribution in [2.75, 3.05) is 20.8 Å². The number of carbonyl (C=O) groups is 2. The molecule has 0 atom stereocenters. The highest BCUT2D eigenvalue weighted by Crippen LogP contribution is 2.25. The van der Waals surface area contributed by atoms with Crippen LogP contribution in [0, 0.1) is 0 Å². The minimum atomic E-state index is -1.03. The Morgan fingerprint density at radius 3 is 2.38 bits per heavy atom. The van der Waals surface area contributed by atoms with Gasteiger partial charge < -0.3 is 19.5 Å². The van der Waals surface area contributed by atoms with Crippen LogP contribution in [0.2, 0.25) is 0 Å². The number of carbonyl (C=O) groups excluding carboxylic acids is 1. The third-order valence-corrected chi connectivity index (χ3v) is 3.99. The summed E-state index contributed by atoms with van der Waals surface area (Å²) < 4.78 is 10.5. The molecule has 0 saturated heterocycles. The number of amides is 1. The first kappa shape index (κ1) is 19.3. The van der Waals surface area contributed by atoms with E-state index in [0.29, 0.717) is 17.9 Å². The van der Waals surface area contributed by atoms with Crippen molar-refractivity contribution >= 4 is 11.9 Å². The van der Waals surface area contributed by atoms with Crippen LogP contribution >= 0.6 is 0 Å². The minimum absolute atomic E-state index is 0.184. The van der Waals surface area contributed by atoms with Gasteiger partial charge in [0.05, 0.1) is 14.2 Å². The highest BCUT2D eigenvalue weighted by molar-refractivity contribution is 5.81. The Balaban J connectivity index is 2.08. The lowest BCUT2D eigenvalue weighted by molar-refractivity contribution is -0.144. The molecule has 26 heavy (non-hydrogen) atoms. The zero-order chi connectivity index (χ0) is 18.9. The molecule has 0 saturated carbocycles. The maximum Gasteiger partial charge on any atom is 0.323 e. The fourth-order valence-corrected chi connectivity index (χ4v) is 2.68. The number of benzene rings is 2. The van der Waals surface area contributed by atoms with Gasteiger partial charge >= 0.3 is 5.97 Å². The SMILES string of the molecule is COc1ccc(OC)c(CCC(=O)N(CC(=O)O)Cc2ccccc2)c1. The number of methoxy groups -OCH3 is 2. The molecule has 0 fully saturated rings. The van der Waals surface area contributed by atoms with Gasteiger partial charge in [-0.1, -0.05) is 30.3 Å². The first-order valence-corrected chi connectivity index (χ1v) is 8.28. The van der Waals surface area contributed by atoms with E-state index in [0.717, 1.165) is 11.1 Å². The van der Waals surface area contributed by atoms with Crippen molar-refractivity contribution in [2.24, 2.45) is 0 Å². The van der Waals surface area contributed by atoms with Gasteiger partial charge in [0.2, 0.25) is 5.91 Å². The van der Waals surface area contributed by atoms with Gasteiger partial charge in [0, 0.05) is 13.0 Å². The maximum atomic E-state index is 12.6. The Bertz CT molecular complexity index is 745. The molecular formula is C20H23NO5. The van der Waals surface area contributed by atoms with Crippen molar-refractivity contribution in [1.29, 1.82) is 0 Å². The molecule has 2 aromatic rings. The predicted molar refractivity (Wildman–Crippen MR) is 97.4 cm³/mol. The Labute approximate surface area is 153 Å². The number of ether oxygens (including phenoxy) is 2. The summed E-state index contributed by atoms with van der Waals surface area (Å²) in [7, 11) is 3.14. The first-order chi connectivity index (χ1) is 12.5. The molecule has 6 heteroatoms. The zero-order valence-corrected chi connectivity index (χ0v) is 15.0. The van der Waals surface area contributed by atoms with Crippen molar-refractivity contribution in [2.45, 2.75) is 19.4 Å². The van der Waals surface area contributed by atoms with E-state index in [4.69, 9.17) is 14.6 Å². The second-order valence-corrected chi connectivity index (χ2v) is 5.81. The summed E-state index contributed by atoms with van der Waals surface area (Å²) >= 11 is 0. The number of aryl methyl sites for hydroxylation is 1. The third kappa shape index (κ3) is 5.51. The van der Waals surface area contributed by atoms with Crippen LogP contribution < -0.4 is 9.47 Å². The van der Waals surface area contributed by atoms with Crippen LogP contribution in [0.4, 0.5) is 0 Å². The quantitative estimate of drug-likeness (QED) is 0.747. The van der Waals surface area contributed by atoms with Crippen LogP contribution in [0.25, 0.3) is 0 Å². The normalized spacial score (nSPS) is 10.2. The molecule has 0 radical (unpaired) electrons. The van der Waals surface area contributed by atoms with Gasteiger partial charge in [0.15, 0.2) is 0 Å². The van der Waals surface area contributed by atoms with Crippen molar-refractivity contribution in [1.82, 2.24) is 4.90 Å². The minimum Gasteiger partial charge on any atom is -0.497 e. The number of carboxylic acids is 1. The van der Waals surface area contributed by atoms with E-state index in [1.165, 1.54) is 4.90 Å². The molecule has 0 aliphatic carbocycles. The molecule has 0 bridgehead atoms. The van der Waals surface area contributed by atoms with E-state index in [9.17, 15) is 9.59 Å². The first-order valence-electron chi connectivity index (χ1n) is 8.28. The molecule has 0 heterocycles. The summed E-state index contributed by atoms with van der Waals surface area (Å²) in [5.41, 5.74) is 1.73. The Hall–Kier alpha value is -3.02. The smallest absolute Gasteiger partial charge is 0.323 e. The average molecular weight is 357 g/mol. The van der Waals surface area contributed by atoms with Gasteiger partial charge in [-0.15, -0.1) is 0 Å². The van der Waals surface area contributed by atoms with Crippen LogP contribution in [0.15, 0.2) is 48.5 Å². The van der Waals surface area contributed by atoms with Crippen molar-refractivity contribution in [3.8, 4) is 11.5 Å². The largest absolute Gasteiger partial charge is 0.497 e. The number of hydrogen-bond acceptors (Lipinski definition) is 4. The molecule has 6 nitrogen and oxygen atoms in total. The highest BCUT2D eigenvalue weighted by atomic mass is 16.5. The molecule has 2 aromatic carbocycles. The number of nitrogens with zero attached hydrogens (tertiary/aromatic N) is 1. The molecule has 0 unspecified atom stereocenters. The standard InChI is InChI=1S/C20H23NO5/c1-25-17-9-10-18(26-2)16(12-17)8-11-19(22)21(14-20(23)24)13-15-6-4-3-5-7-15/h3-7,9-10,12H,8,11,13-14H2,1-2H3,(H,23,24). The van der Waals surface area contributed by atoms with Crippen LogP contribution in [-0.2, 0) is 22.6 Å². The molecule has 0 aromatic heterocycles. The summed E-state index contributed by atoms with van der Waals surface area (Å²) in [6.07, 6.45) is 0.619. The molecule has 138 valence electrons. The fourth-order valence-electron chi connectivity index (χ4n) is 2.68. The molecular weight excluding hydrogens is 334 g/mol. The van der Waals surface area contributed by atoms with Crippen LogP contribution in [0.5, 0.6) is 11.5 Å². The molecule has 1 N–H and O–H groups in total. The van der Waals surface area contributed by atoms with E-state index >= 15 is 0 Å². The Kier molecular flexibility index (Phi) is 7.02. The van der Waals surface area contributed by atoms with Gasteiger partial charge in [-0.05, 0) is 35.7 Å². The zero-order valence-electron chi connectivity index (χ0n) is 15.0. The van der Waals surface area contributed by atoms with Gasteiger partial charge in [0.1, 0.15) is 18.0 Å². The number of hydrogen-bond donors (Lipinski definition) is 1. The number of rotatable bonds is 9. The van der Waals surface area contributed by atoms with E-state index in [2.05, 4.69) is 0 Å². The van der Waals surface area contributed by atoms with Crippen LogP contribution in [-0.4, -0.2) is 42.6 Å². The van der Waals surface area contributed by atoms with Crippen LogP contribution in [0.3, 0.4) is 0 Å². The monoisotopic (exact) mass is 357 g/mol. The maximum absolute atomic E-state index is 12.6. The number of carboxylic acid groups (broad SMARTS) is 1. The van der Waals surface area contributed by atoms with Gasteiger partial charge in [-0.25, -0.2) is 0 Å². The van der Waals surface area contributed by atoms with E-state index in [1.807, 2.05) is 36.4 Å². The molecule has 1 amide bonds. The van der Waals surface area contributed by atoms with E-state index in [1.54, 1.807) is 26.4 Å². The lowest BCUT2D eigenvalue weighted by Crippen LogP contribution is -2.35. The summed E-state index contributed by atoms with van der Waals surface area (Å²) in [6, 6.07) is 14.7. The highest BCUT2D eigenvalue weighted by Gasteiger charge is 2.18. The van der Waals surface area contributed by atoms with E-state index < -0.39 is 5.97 Å². The van der Waals surface area contributed by atoms with Gasteiger partial charge in [-0.2, -0.15) is 0 Å². The van der Waals surface area contributed by atoms with Crippen molar-refractivity contribution in [3.63, 3.8) is 0 Å². The molecule has 0 spiro atoms. The van der Waals surface area contributed by atoms with Crippen LogP contribution in [0.1, 0.15) is 17.5 Å². The topological polar surface area (TPSA) is 76.1 Å². The second kappa shape index (κ2) is 9.46. The summed E-state index contributed by atoms with van der Waals surface area (Å²) in [6.45, 7) is -0.0653. The summed E-state index contributed by atoms with van der Waals surface area (Å²) in [5.74, 6) is 0.0979. The lowest BCUT2D eigenvalue weighted by Gasteiger charge is -2.21. The molecule has 0 aliphatic rings. The second-order valence-electron chi connectivity index (χ2n) is 5.81. The van der Waals surface area contributed by atoms with Gasteiger partial charge in [0.25, 0.3) is 0 Å². The summed E-state index contributed by atoms with van der Waals surface area (Å²) in [5, 5.41) is 9.12. The van der Waals surface area contributed by atoms with E-state index in [-0.39, 0.29) is 25.4 Å². The van der Waals surface area contributed by atoms with Gasteiger partial charge in [-0.3, -0.25) is 9.59 Å². The number of aliphatic carboxylic acids is 1. The summed E-state index contributed by atoms with van der Waals surface area (Å²) in [4.78, 5) is 25.1. The van der Waals surface area contributed by atoms with Crippen molar-refractivity contribution in [3.05, 3.63) is 59.7 Å².